The molecule has 4 N–H and O–H groups in total. The zero-order valence-electron chi connectivity index (χ0n) is 12.8. The van der Waals surface area contributed by atoms with Crippen LogP contribution in [0.3, 0.4) is 0 Å². The molecule has 26 heavy (non-hydrogen) atoms. The van der Waals surface area contributed by atoms with Gasteiger partial charge in [-0.1, -0.05) is 44.0 Å². The molecule has 0 aliphatic carbocycles. The molecule has 0 amide bonds. The maximum absolute atomic E-state index is 12.7. The molecule has 0 fully saturated rings. The van der Waals surface area contributed by atoms with E-state index in [4.69, 9.17) is 11.5 Å². The fourth-order valence-corrected chi connectivity index (χ4v) is 3.62. The highest BCUT2D eigenvalue weighted by Gasteiger charge is 2.33. The van der Waals surface area contributed by atoms with Gasteiger partial charge in [0.1, 0.15) is 0 Å². The predicted molar refractivity (Wildman–Crippen MR) is 92.1 cm³/mol. The Labute approximate surface area is 161 Å². The fraction of sp³-hybridized carbons (Fsp3) is 0.250. The minimum Gasteiger partial charge on any atom is -0.322 e. The third-order valence-electron chi connectivity index (χ3n) is 3.76. The average Bonchev–Trinajstić information content (AvgIpc) is 2.51. The zero-order chi connectivity index (χ0) is 19.9. The summed E-state index contributed by atoms with van der Waals surface area (Å²) < 4.78 is 76.6. The number of halogens is 8. The Morgan fingerprint density at radius 1 is 0.654 bits per heavy atom. The molecular weight excluding hydrogens is 494 g/mol. The van der Waals surface area contributed by atoms with E-state index in [1.54, 1.807) is 0 Å². The summed E-state index contributed by atoms with van der Waals surface area (Å²) in [5.41, 5.74) is 11.0. The van der Waals surface area contributed by atoms with Gasteiger partial charge in [-0.2, -0.15) is 26.3 Å². The molecule has 0 saturated carbocycles. The first kappa shape index (κ1) is 21.2. The quantitative estimate of drug-likeness (QED) is 0.506. The van der Waals surface area contributed by atoms with Crippen LogP contribution >= 0.6 is 31.9 Å². The lowest BCUT2D eigenvalue weighted by Crippen LogP contribution is -2.27. The number of benzene rings is 2. The maximum atomic E-state index is 12.7. The van der Waals surface area contributed by atoms with E-state index in [1.165, 1.54) is 12.1 Å². The number of hydrogen-bond donors (Lipinski definition) is 2. The summed E-state index contributed by atoms with van der Waals surface area (Å²) in [6.07, 6.45) is -9.02. The monoisotopic (exact) mass is 504 g/mol. The lowest BCUT2D eigenvalue weighted by molar-refractivity contribution is -0.138. The molecule has 0 heterocycles. The van der Waals surface area contributed by atoms with Crippen LogP contribution in [-0.4, -0.2) is 0 Å². The molecule has 0 aliphatic heterocycles. The third kappa shape index (κ3) is 4.59. The van der Waals surface area contributed by atoms with Gasteiger partial charge in [0.05, 0.1) is 23.2 Å². The van der Waals surface area contributed by atoms with Crippen molar-refractivity contribution in [2.75, 3.05) is 0 Å². The predicted octanol–water partition coefficient (Wildman–Crippen LogP) is 5.95. The van der Waals surface area contributed by atoms with Gasteiger partial charge in [-0.05, 0) is 35.4 Å². The fourth-order valence-electron chi connectivity index (χ4n) is 2.33. The average molecular weight is 506 g/mol. The van der Waals surface area contributed by atoms with Gasteiger partial charge in [0.2, 0.25) is 0 Å². The lowest BCUT2D eigenvalue weighted by Gasteiger charge is -2.24. The van der Waals surface area contributed by atoms with E-state index in [0.717, 1.165) is 24.3 Å². The van der Waals surface area contributed by atoms with Crippen LogP contribution in [0.15, 0.2) is 45.3 Å². The summed E-state index contributed by atoms with van der Waals surface area (Å²) >= 11 is 6.08. The summed E-state index contributed by atoms with van der Waals surface area (Å²) in [6.45, 7) is 0. The van der Waals surface area contributed by atoms with Crippen LogP contribution < -0.4 is 11.5 Å². The molecule has 0 aliphatic rings. The van der Waals surface area contributed by atoms with Crippen LogP contribution in [0, 0.1) is 0 Å². The maximum Gasteiger partial charge on any atom is 0.416 e. The van der Waals surface area contributed by atoms with Crippen LogP contribution in [0.2, 0.25) is 0 Å². The van der Waals surface area contributed by atoms with Crippen molar-refractivity contribution < 1.29 is 26.3 Å². The molecule has 2 rings (SSSR count). The van der Waals surface area contributed by atoms with Gasteiger partial charge in [-0.25, -0.2) is 0 Å². The molecule has 0 radical (unpaired) electrons. The van der Waals surface area contributed by atoms with Crippen LogP contribution in [0.5, 0.6) is 0 Å². The topological polar surface area (TPSA) is 52.0 Å². The summed E-state index contributed by atoms with van der Waals surface area (Å²) in [4.78, 5) is 0. The Morgan fingerprint density at radius 2 is 0.962 bits per heavy atom. The molecule has 2 aromatic rings. The van der Waals surface area contributed by atoms with Crippen molar-refractivity contribution in [3.63, 3.8) is 0 Å². The van der Waals surface area contributed by atoms with Gasteiger partial charge in [-0.3, -0.25) is 0 Å². The largest absolute Gasteiger partial charge is 0.416 e. The highest BCUT2D eigenvalue weighted by atomic mass is 79.9. The molecule has 0 bridgehead atoms. The first-order chi connectivity index (χ1) is 11.8. The zero-order valence-corrected chi connectivity index (χ0v) is 16.0. The number of rotatable bonds is 3. The first-order valence-corrected chi connectivity index (χ1v) is 8.65. The second-order valence-electron chi connectivity index (χ2n) is 5.52. The third-order valence-corrected chi connectivity index (χ3v) is 5.13. The van der Waals surface area contributed by atoms with E-state index >= 15 is 0 Å². The van der Waals surface area contributed by atoms with Crippen molar-refractivity contribution in [3.05, 3.63) is 67.6 Å². The van der Waals surface area contributed by atoms with E-state index in [0.29, 0.717) is 11.1 Å². The lowest BCUT2D eigenvalue weighted by atomic mass is 9.93. The number of hydrogen-bond acceptors (Lipinski definition) is 2. The SMILES string of the molecule is NC(c1ccc(C(F)(F)F)cc1Br)C(N)c1ccc(C(F)(F)F)cc1Br. The number of nitrogens with two attached hydrogens (primary N) is 2. The van der Waals surface area contributed by atoms with E-state index < -0.39 is 35.6 Å². The van der Waals surface area contributed by atoms with Crippen LogP contribution in [0.1, 0.15) is 34.3 Å². The molecule has 0 spiro atoms. The van der Waals surface area contributed by atoms with Crippen molar-refractivity contribution in [1.29, 1.82) is 0 Å². The van der Waals surface area contributed by atoms with E-state index in [9.17, 15) is 26.3 Å². The molecule has 2 nitrogen and oxygen atoms in total. The summed E-state index contributed by atoms with van der Waals surface area (Å²) in [7, 11) is 0. The van der Waals surface area contributed by atoms with Gasteiger partial charge >= 0.3 is 12.4 Å². The van der Waals surface area contributed by atoms with Crippen molar-refractivity contribution in [2.45, 2.75) is 24.4 Å². The molecule has 2 atom stereocenters. The van der Waals surface area contributed by atoms with Gasteiger partial charge in [0, 0.05) is 8.95 Å². The second-order valence-corrected chi connectivity index (χ2v) is 7.23. The molecule has 10 heteroatoms. The van der Waals surface area contributed by atoms with Crippen LogP contribution in [0.25, 0.3) is 0 Å². The molecule has 2 unspecified atom stereocenters. The highest BCUT2D eigenvalue weighted by Crippen LogP contribution is 2.38. The van der Waals surface area contributed by atoms with Gasteiger partial charge in [-0.15, -0.1) is 0 Å². The summed E-state index contributed by atoms with van der Waals surface area (Å²) in [5.74, 6) is 0. The van der Waals surface area contributed by atoms with Gasteiger partial charge < -0.3 is 11.5 Å². The van der Waals surface area contributed by atoms with Crippen LogP contribution in [0.4, 0.5) is 26.3 Å². The standard InChI is InChI=1S/C16H12Br2F6N2/c17-11-5-7(15(19,20)21)1-3-9(11)13(25)14(26)10-4-2-8(6-12(10)18)16(22,23)24/h1-6,13-14H,25-26H2. The van der Waals surface area contributed by atoms with Crippen LogP contribution in [-0.2, 0) is 12.4 Å². The smallest absolute Gasteiger partial charge is 0.322 e. The van der Waals surface area contributed by atoms with Crippen molar-refractivity contribution in [2.24, 2.45) is 11.5 Å². The van der Waals surface area contributed by atoms with E-state index in [2.05, 4.69) is 31.9 Å². The summed E-state index contributed by atoms with van der Waals surface area (Å²) in [6, 6.07) is 3.99. The van der Waals surface area contributed by atoms with Crippen molar-refractivity contribution in [3.8, 4) is 0 Å². The van der Waals surface area contributed by atoms with Gasteiger partial charge in [0.25, 0.3) is 0 Å². The Balaban J connectivity index is 2.34. The Hall–Kier alpha value is -1.10. The van der Waals surface area contributed by atoms with E-state index in [-0.39, 0.29) is 8.95 Å². The molecule has 0 saturated heterocycles. The molecule has 0 aromatic heterocycles. The Bertz CT molecular complexity index is 737. The van der Waals surface area contributed by atoms with Crippen molar-refractivity contribution in [1.82, 2.24) is 0 Å². The minimum atomic E-state index is -4.51. The molecular formula is C16H12Br2F6N2. The Morgan fingerprint density at radius 3 is 1.19 bits per heavy atom. The first-order valence-electron chi connectivity index (χ1n) is 7.07. The molecule has 2 aromatic carbocycles. The van der Waals surface area contributed by atoms with Crippen molar-refractivity contribution >= 4 is 31.9 Å². The minimum absolute atomic E-state index is 0.110. The van der Waals surface area contributed by atoms with Gasteiger partial charge in [0.15, 0.2) is 0 Å². The Kier molecular flexibility index (Phi) is 6.11. The molecule has 142 valence electrons. The highest BCUT2D eigenvalue weighted by molar-refractivity contribution is 9.10. The number of alkyl halides is 6. The van der Waals surface area contributed by atoms with E-state index in [1.807, 2.05) is 0 Å². The second kappa shape index (κ2) is 7.49. The normalized spacial score (nSPS) is 15.0. The summed E-state index contributed by atoms with van der Waals surface area (Å²) in [5, 5.41) is 0.